The van der Waals surface area contributed by atoms with Gasteiger partial charge in [-0.05, 0) is 36.2 Å². The van der Waals surface area contributed by atoms with E-state index in [-0.39, 0.29) is 12.5 Å². The molecule has 1 aliphatic heterocycles. The molecule has 1 atom stereocenters. The summed E-state index contributed by atoms with van der Waals surface area (Å²) >= 11 is 0. The first kappa shape index (κ1) is 18.0. The predicted octanol–water partition coefficient (Wildman–Crippen LogP) is 4.21. The second kappa shape index (κ2) is 7.00. The molecule has 1 unspecified atom stereocenters. The second-order valence-electron chi connectivity index (χ2n) is 7.01. The molecule has 1 aliphatic rings. The van der Waals surface area contributed by atoms with Crippen molar-refractivity contribution in [2.24, 2.45) is 0 Å². The van der Waals surface area contributed by atoms with E-state index in [0.717, 1.165) is 21.9 Å². The van der Waals surface area contributed by atoms with Crippen LogP contribution in [0.2, 0.25) is 0 Å². The number of carbonyl (C=O) groups is 2. The number of urea groups is 1. The number of ether oxygens (including phenoxy) is 1. The summed E-state index contributed by atoms with van der Waals surface area (Å²) in [4.78, 5) is 27.4. The highest BCUT2D eigenvalue weighted by Gasteiger charge is 2.49. The van der Waals surface area contributed by atoms with Crippen LogP contribution < -0.4 is 10.1 Å². The average Bonchev–Trinajstić information content (AvgIpc) is 2.93. The molecule has 28 heavy (non-hydrogen) atoms. The Morgan fingerprint density at radius 2 is 1.68 bits per heavy atom. The van der Waals surface area contributed by atoms with Crippen LogP contribution in [0.15, 0.2) is 66.7 Å². The number of hydrogen-bond acceptors (Lipinski definition) is 3. The number of amides is 3. The average molecular weight is 374 g/mol. The summed E-state index contributed by atoms with van der Waals surface area (Å²) in [5.74, 6) is 0.421. The number of rotatable bonds is 5. The molecule has 0 bridgehead atoms. The maximum Gasteiger partial charge on any atom is 0.325 e. The van der Waals surface area contributed by atoms with Crippen LogP contribution >= 0.6 is 0 Å². The molecule has 142 valence electrons. The number of hydrogen-bond donors (Lipinski definition) is 1. The van der Waals surface area contributed by atoms with Crippen LogP contribution in [0.5, 0.6) is 5.75 Å². The SMILES string of the molecule is CCOc1ccccc1CN1C(=O)NC(C)(c2cccc3ccccc23)C1=O. The van der Waals surface area contributed by atoms with Crippen molar-refractivity contribution < 1.29 is 14.3 Å². The van der Waals surface area contributed by atoms with Gasteiger partial charge in [0.2, 0.25) is 0 Å². The lowest BCUT2D eigenvalue weighted by Crippen LogP contribution is -2.41. The molecule has 1 heterocycles. The van der Waals surface area contributed by atoms with Gasteiger partial charge in [0.25, 0.3) is 5.91 Å². The molecule has 5 nitrogen and oxygen atoms in total. The maximum absolute atomic E-state index is 13.4. The zero-order valence-corrected chi connectivity index (χ0v) is 15.9. The van der Waals surface area contributed by atoms with Crippen LogP contribution in [-0.2, 0) is 16.9 Å². The quantitative estimate of drug-likeness (QED) is 0.681. The number of benzene rings is 3. The van der Waals surface area contributed by atoms with Gasteiger partial charge in [-0.3, -0.25) is 9.69 Å². The highest BCUT2D eigenvalue weighted by atomic mass is 16.5. The summed E-state index contributed by atoms with van der Waals surface area (Å²) in [6.07, 6.45) is 0. The van der Waals surface area contributed by atoms with Crippen LogP contribution in [-0.4, -0.2) is 23.4 Å². The van der Waals surface area contributed by atoms with Crippen molar-refractivity contribution in [3.8, 4) is 5.75 Å². The van der Waals surface area contributed by atoms with Crippen molar-refractivity contribution in [3.05, 3.63) is 77.9 Å². The van der Waals surface area contributed by atoms with Crippen molar-refractivity contribution in [2.75, 3.05) is 6.61 Å². The molecular formula is C23H22N2O3. The zero-order chi connectivity index (χ0) is 19.7. The third-order valence-electron chi connectivity index (χ3n) is 5.20. The van der Waals surface area contributed by atoms with Crippen molar-refractivity contribution in [1.82, 2.24) is 10.2 Å². The highest BCUT2D eigenvalue weighted by molar-refractivity contribution is 6.09. The van der Waals surface area contributed by atoms with E-state index in [1.165, 1.54) is 4.90 Å². The second-order valence-corrected chi connectivity index (χ2v) is 7.01. The molecule has 0 aromatic heterocycles. The number of imide groups is 1. The van der Waals surface area contributed by atoms with Crippen LogP contribution in [0.4, 0.5) is 4.79 Å². The van der Waals surface area contributed by atoms with Gasteiger partial charge in [-0.1, -0.05) is 60.7 Å². The molecule has 3 aromatic carbocycles. The number of nitrogens with one attached hydrogen (secondary N) is 1. The van der Waals surface area contributed by atoms with Gasteiger partial charge < -0.3 is 10.1 Å². The van der Waals surface area contributed by atoms with E-state index in [2.05, 4.69) is 5.32 Å². The van der Waals surface area contributed by atoms with Gasteiger partial charge in [0, 0.05) is 5.56 Å². The minimum Gasteiger partial charge on any atom is -0.494 e. The highest BCUT2D eigenvalue weighted by Crippen LogP contribution is 2.35. The molecule has 5 heteroatoms. The van der Waals surface area contributed by atoms with Crippen LogP contribution in [0, 0.1) is 0 Å². The van der Waals surface area contributed by atoms with Crippen LogP contribution in [0.3, 0.4) is 0 Å². The molecule has 3 amide bonds. The van der Waals surface area contributed by atoms with E-state index in [9.17, 15) is 9.59 Å². The molecule has 0 saturated carbocycles. The van der Waals surface area contributed by atoms with Gasteiger partial charge in [0.1, 0.15) is 11.3 Å². The third-order valence-corrected chi connectivity index (χ3v) is 5.20. The number of para-hydroxylation sites is 1. The zero-order valence-electron chi connectivity index (χ0n) is 15.9. The minimum absolute atomic E-state index is 0.168. The first-order valence-electron chi connectivity index (χ1n) is 9.37. The van der Waals surface area contributed by atoms with Crippen LogP contribution in [0.25, 0.3) is 10.8 Å². The molecule has 4 rings (SSSR count). The lowest BCUT2D eigenvalue weighted by Gasteiger charge is -2.24. The van der Waals surface area contributed by atoms with Gasteiger partial charge in [0.05, 0.1) is 13.2 Å². The Morgan fingerprint density at radius 3 is 2.50 bits per heavy atom. The lowest BCUT2D eigenvalue weighted by atomic mass is 9.88. The summed E-state index contributed by atoms with van der Waals surface area (Å²) < 4.78 is 5.64. The Hall–Kier alpha value is -3.34. The van der Waals surface area contributed by atoms with Crippen molar-refractivity contribution in [3.63, 3.8) is 0 Å². The Labute approximate surface area is 163 Å². The smallest absolute Gasteiger partial charge is 0.325 e. The lowest BCUT2D eigenvalue weighted by molar-refractivity contribution is -0.131. The summed E-state index contributed by atoms with van der Waals surface area (Å²) in [7, 11) is 0. The molecule has 0 spiro atoms. The molecular weight excluding hydrogens is 352 g/mol. The van der Waals surface area contributed by atoms with Gasteiger partial charge in [0.15, 0.2) is 0 Å². The van der Waals surface area contributed by atoms with Crippen molar-refractivity contribution in [2.45, 2.75) is 25.9 Å². The number of carbonyl (C=O) groups excluding carboxylic acids is 2. The first-order valence-corrected chi connectivity index (χ1v) is 9.37. The van der Waals surface area contributed by atoms with E-state index in [0.29, 0.717) is 12.4 Å². The Morgan fingerprint density at radius 1 is 0.964 bits per heavy atom. The van der Waals surface area contributed by atoms with Crippen LogP contribution in [0.1, 0.15) is 25.0 Å². The molecule has 0 radical (unpaired) electrons. The Kier molecular flexibility index (Phi) is 4.51. The topological polar surface area (TPSA) is 58.6 Å². The molecule has 3 aromatic rings. The van der Waals surface area contributed by atoms with Crippen molar-refractivity contribution >= 4 is 22.7 Å². The van der Waals surface area contributed by atoms with Crippen molar-refractivity contribution in [1.29, 1.82) is 0 Å². The van der Waals surface area contributed by atoms with Gasteiger partial charge in [-0.2, -0.15) is 0 Å². The summed E-state index contributed by atoms with van der Waals surface area (Å²) in [5, 5.41) is 4.89. The fraction of sp³-hybridized carbons (Fsp3) is 0.217. The summed E-state index contributed by atoms with van der Waals surface area (Å²) in [5.41, 5.74) is 0.484. The fourth-order valence-corrected chi connectivity index (χ4v) is 3.79. The Bertz CT molecular complexity index is 1060. The standard InChI is InChI=1S/C23H22N2O3/c1-3-28-20-14-7-5-10-17(20)15-25-21(26)23(2,24-22(25)27)19-13-8-11-16-9-4-6-12-18(16)19/h4-14H,3,15H2,1-2H3,(H,24,27). The maximum atomic E-state index is 13.4. The fourth-order valence-electron chi connectivity index (χ4n) is 3.79. The Balaban J connectivity index is 1.71. The van der Waals surface area contributed by atoms with Gasteiger partial charge >= 0.3 is 6.03 Å². The molecule has 1 fully saturated rings. The normalized spacial score (nSPS) is 19.1. The number of fused-ring (bicyclic) bond motifs is 1. The van der Waals surface area contributed by atoms with E-state index in [1.54, 1.807) is 6.92 Å². The molecule has 0 aliphatic carbocycles. The first-order chi connectivity index (χ1) is 13.5. The minimum atomic E-state index is -1.11. The van der Waals surface area contributed by atoms with E-state index in [4.69, 9.17) is 4.74 Å². The third kappa shape index (κ3) is 2.89. The predicted molar refractivity (Wildman–Crippen MR) is 108 cm³/mol. The monoisotopic (exact) mass is 374 g/mol. The largest absolute Gasteiger partial charge is 0.494 e. The van der Waals surface area contributed by atoms with E-state index < -0.39 is 11.6 Å². The summed E-state index contributed by atoms with van der Waals surface area (Å²) in [6, 6.07) is 20.8. The number of nitrogens with zero attached hydrogens (tertiary/aromatic N) is 1. The summed E-state index contributed by atoms with van der Waals surface area (Å²) in [6.45, 7) is 4.36. The molecule has 1 N–H and O–H groups in total. The van der Waals surface area contributed by atoms with Gasteiger partial charge in [-0.25, -0.2) is 4.79 Å². The molecule has 1 saturated heterocycles. The van der Waals surface area contributed by atoms with Gasteiger partial charge in [-0.15, -0.1) is 0 Å². The van der Waals surface area contributed by atoms with E-state index >= 15 is 0 Å². The van der Waals surface area contributed by atoms with E-state index in [1.807, 2.05) is 73.7 Å².